The van der Waals surface area contributed by atoms with Crippen molar-refractivity contribution in [3.63, 3.8) is 0 Å². The molecule has 0 bridgehead atoms. The zero-order valence-electron chi connectivity index (χ0n) is 11.1. The van der Waals surface area contributed by atoms with Gasteiger partial charge in [0.05, 0.1) is 13.0 Å². The zero-order valence-corrected chi connectivity index (χ0v) is 12.7. The Bertz CT molecular complexity index is 686. The van der Waals surface area contributed by atoms with Crippen LogP contribution in [0.3, 0.4) is 0 Å². The van der Waals surface area contributed by atoms with Gasteiger partial charge < -0.3 is 14.0 Å². The molecule has 0 aliphatic rings. The molecule has 0 aromatic heterocycles. The Labute approximate surface area is 128 Å². The first-order valence-electron chi connectivity index (χ1n) is 5.51. The highest BCUT2D eigenvalue weighted by Crippen LogP contribution is 2.39. The summed E-state index contributed by atoms with van der Waals surface area (Å²) in [5.74, 6) is -3.53. The lowest BCUT2D eigenvalue weighted by Crippen LogP contribution is -2.28. The van der Waals surface area contributed by atoms with Gasteiger partial charge in [-0.15, -0.1) is 0 Å². The molecule has 0 saturated heterocycles. The average Bonchev–Trinajstić information content (AvgIpc) is 2.36. The van der Waals surface area contributed by atoms with E-state index in [2.05, 4.69) is 4.18 Å². The fourth-order valence-corrected chi connectivity index (χ4v) is 2.18. The van der Waals surface area contributed by atoms with E-state index in [9.17, 15) is 26.4 Å². The van der Waals surface area contributed by atoms with Crippen molar-refractivity contribution in [1.29, 1.82) is 0 Å². The van der Waals surface area contributed by atoms with E-state index in [0.29, 0.717) is 0 Å². The maximum atomic E-state index is 12.3. The number of rotatable bonds is 5. The van der Waals surface area contributed by atoms with Crippen molar-refractivity contribution in [3.8, 4) is 11.5 Å². The predicted molar refractivity (Wildman–Crippen MR) is 69.7 cm³/mol. The summed E-state index contributed by atoms with van der Waals surface area (Å²) in [4.78, 5) is 10.9. The van der Waals surface area contributed by atoms with Gasteiger partial charge in [-0.2, -0.15) is 21.6 Å². The van der Waals surface area contributed by atoms with E-state index in [0.717, 1.165) is 19.2 Å². The Morgan fingerprint density at radius 2 is 1.86 bits per heavy atom. The lowest BCUT2D eigenvalue weighted by atomic mass is 10.0. The van der Waals surface area contributed by atoms with Gasteiger partial charge in [0.15, 0.2) is 11.5 Å². The van der Waals surface area contributed by atoms with Crippen LogP contribution in [0.15, 0.2) is 12.1 Å². The van der Waals surface area contributed by atoms with E-state index < -0.39 is 39.0 Å². The second kappa shape index (κ2) is 6.21. The van der Waals surface area contributed by atoms with Gasteiger partial charge in [-0.1, -0.05) is 11.6 Å². The number of carboxylic acids is 1. The molecule has 1 rings (SSSR count). The molecule has 124 valence electrons. The summed E-state index contributed by atoms with van der Waals surface area (Å²) in [6, 6.07) is 1.75. The Hall–Kier alpha value is -1.68. The minimum Gasteiger partial charge on any atom is -0.493 e. The lowest BCUT2D eigenvalue weighted by Gasteiger charge is -2.16. The van der Waals surface area contributed by atoms with Crippen molar-refractivity contribution in [2.24, 2.45) is 0 Å². The third-order valence-corrected chi connectivity index (χ3v) is 3.90. The fraction of sp³-hybridized carbons (Fsp3) is 0.364. The van der Waals surface area contributed by atoms with Crippen LogP contribution in [-0.4, -0.2) is 32.1 Å². The first kappa shape index (κ1) is 18.4. The third kappa shape index (κ3) is 3.74. The van der Waals surface area contributed by atoms with E-state index in [-0.39, 0.29) is 10.6 Å². The number of aliphatic carboxylic acids is 1. The molecule has 0 fully saturated rings. The second-order valence-corrected chi connectivity index (χ2v) is 6.01. The molecule has 0 radical (unpaired) electrons. The number of carboxylic acid groups (broad SMARTS) is 1. The lowest BCUT2D eigenvalue weighted by molar-refractivity contribution is -0.138. The second-order valence-electron chi connectivity index (χ2n) is 4.07. The Morgan fingerprint density at radius 3 is 2.27 bits per heavy atom. The van der Waals surface area contributed by atoms with Crippen molar-refractivity contribution < 1.29 is 40.4 Å². The van der Waals surface area contributed by atoms with Crippen molar-refractivity contribution in [2.45, 2.75) is 18.3 Å². The number of hydrogen-bond acceptors (Lipinski definition) is 5. The van der Waals surface area contributed by atoms with Crippen LogP contribution in [0.1, 0.15) is 18.4 Å². The van der Waals surface area contributed by atoms with Gasteiger partial charge in [-0.25, -0.2) is 0 Å². The SMILES string of the molecule is COc1cc(C(C)C(=O)O)c(Cl)cc1OS(=O)(=O)C(F)(F)F. The summed E-state index contributed by atoms with van der Waals surface area (Å²) in [7, 11) is -4.86. The molecule has 1 aromatic carbocycles. The number of methoxy groups -OCH3 is 1. The van der Waals surface area contributed by atoms with Gasteiger partial charge in [0.1, 0.15) is 0 Å². The van der Waals surface area contributed by atoms with Crippen LogP contribution < -0.4 is 8.92 Å². The highest BCUT2D eigenvalue weighted by molar-refractivity contribution is 7.88. The predicted octanol–water partition coefficient (Wildman–Crippen LogP) is 2.77. The molecule has 1 unspecified atom stereocenters. The quantitative estimate of drug-likeness (QED) is 0.640. The average molecular weight is 363 g/mol. The number of halogens is 4. The summed E-state index contributed by atoms with van der Waals surface area (Å²) in [5, 5.41) is 8.64. The Balaban J connectivity index is 3.35. The van der Waals surface area contributed by atoms with Crippen molar-refractivity contribution in [3.05, 3.63) is 22.7 Å². The first-order chi connectivity index (χ1) is 9.90. The molecule has 0 amide bonds. The molecule has 0 aliphatic heterocycles. The van der Waals surface area contributed by atoms with Crippen LogP contribution in [0, 0.1) is 0 Å². The van der Waals surface area contributed by atoms with E-state index in [4.69, 9.17) is 21.4 Å². The summed E-state index contributed by atoms with van der Waals surface area (Å²) in [5.41, 5.74) is -5.60. The van der Waals surface area contributed by atoms with E-state index in [1.165, 1.54) is 6.92 Å². The largest absolute Gasteiger partial charge is 0.534 e. The number of hydrogen-bond donors (Lipinski definition) is 1. The van der Waals surface area contributed by atoms with Crippen LogP contribution in [0.5, 0.6) is 11.5 Å². The zero-order chi connectivity index (χ0) is 17.3. The minimum absolute atomic E-state index is 0.0303. The molecule has 0 saturated carbocycles. The van der Waals surface area contributed by atoms with Gasteiger partial charge in [-0.05, 0) is 18.6 Å². The molecule has 1 N–H and O–H groups in total. The molecule has 0 heterocycles. The van der Waals surface area contributed by atoms with E-state index in [1.807, 2.05) is 0 Å². The van der Waals surface area contributed by atoms with E-state index in [1.54, 1.807) is 0 Å². The number of carbonyl (C=O) groups is 1. The number of ether oxygens (including phenoxy) is 1. The monoisotopic (exact) mass is 362 g/mol. The van der Waals surface area contributed by atoms with Gasteiger partial charge in [0.25, 0.3) is 0 Å². The smallest absolute Gasteiger partial charge is 0.493 e. The summed E-state index contributed by atoms with van der Waals surface area (Å²) in [6.07, 6.45) is 0. The standard InChI is InChI=1S/C11H10ClF3O6S/c1-5(10(16)17)6-3-8(20-2)9(4-7(6)12)21-22(18,19)11(13,14)15/h3-5H,1-2H3,(H,16,17). The van der Waals surface area contributed by atoms with Crippen LogP contribution in [0.2, 0.25) is 5.02 Å². The molecule has 0 aliphatic carbocycles. The topological polar surface area (TPSA) is 89.9 Å². The van der Waals surface area contributed by atoms with Crippen LogP contribution in [0.4, 0.5) is 13.2 Å². The summed E-state index contributed by atoms with van der Waals surface area (Å²) >= 11 is 5.77. The maximum Gasteiger partial charge on any atom is 0.534 e. The first-order valence-corrected chi connectivity index (χ1v) is 7.30. The van der Waals surface area contributed by atoms with Gasteiger partial charge in [0.2, 0.25) is 0 Å². The molecule has 1 atom stereocenters. The Morgan fingerprint density at radius 1 is 1.32 bits per heavy atom. The normalized spacial score (nSPS) is 13.5. The van der Waals surface area contributed by atoms with Crippen molar-refractivity contribution in [1.82, 2.24) is 0 Å². The molecule has 6 nitrogen and oxygen atoms in total. The van der Waals surface area contributed by atoms with Crippen molar-refractivity contribution >= 4 is 27.7 Å². The van der Waals surface area contributed by atoms with Gasteiger partial charge in [0, 0.05) is 11.1 Å². The highest BCUT2D eigenvalue weighted by Gasteiger charge is 2.49. The maximum absolute atomic E-state index is 12.3. The highest BCUT2D eigenvalue weighted by atomic mass is 35.5. The fourth-order valence-electron chi connectivity index (χ4n) is 1.41. The molecule has 11 heteroatoms. The van der Waals surface area contributed by atoms with Crippen LogP contribution >= 0.6 is 11.6 Å². The summed E-state index contributed by atoms with van der Waals surface area (Å²) in [6.45, 7) is 1.29. The van der Waals surface area contributed by atoms with Crippen LogP contribution in [-0.2, 0) is 14.9 Å². The number of alkyl halides is 3. The Kier molecular flexibility index (Phi) is 5.18. The number of benzene rings is 1. The van der Waals surface area contributed by atoms with E-state index >= 15 is 0 Å². The minimum atomic E-state index is -5.90. The molecular formula is C11H10ClF3O6S. The van der Waals surface area contributed by atoms with Gasteiger partial charge in [-0.3, -0.25) is 4.79 Å². The molecular weight excluding hydrogens is 353 g/mol. The summed E-state index contributed by atoms with van der Waals surface area (Å²) < 4.78 is 67.6. The molecule has 1 aromatic rings. The molecule has 0 spiro atoms. The third-order valence-electron chi connectivity index (χ3n) is 2.60. The molecule has 22 heavy (non-hydrogen) atoms. The van der Waals surface area contributed by atoms with Gasteiger partial charge >= 0.3 is 21.6 Å². The van der Waals surface area contributed by atoms with Crippen LogP contribution in [0.25, 0.3) is 0 Å². The van der Waals surface area contributed by atoms with Crippen molar-refractivity contribution in [2.75, 3.05) is 7.11 Å².